The third kappa shape index (κ3) is 2.93. The summed E-state index contributed by atoms with van der Waals surface area (Å²) < 4.78 is 2.02. The van der Waals surface area contributed by atoms with E-state index in [1.165, 1.54) is 28.0 Å². The summed E-state index contributed by atoms with van der Waals surface area (Å²) in [6.45, 7) is 0. The molecule has 2 amide bonds. The summed E-state index contributed by atoms with van der Waals surface area (Å²) in [5.74, 6) is -0.398. The molecule has 3 N–H and O–H groups in total. The van der Waals surface area contributed by atoms with E-state index in [0.29, 0.717) is 16.6 Å². The predicted octanol–water partition coefficient (Wildman–Crippen LogP) is 1.99. The number of carbonyl (C=O) groups is 2. The maximum Gasteiger partial charge on any atom is 0.251 e. The van der Waals surface area contributed by atoms with Crippen molar-refractivity contribution in [1.82, 2.24) is 14.8 Å². The van der Waals surface area contributed by atoms with Gasteiger partial charge in [0, 0.05) is 10.9 Å². The Morgan fingerprint density at radius 2 is 2.25 bits per heavy atom. The van der Waals surface area contributed by atoms with Crippen LogP contribution in [0.5, 0.6) is 0 Å². The third-order valence-electron chi connectivity index (χ3n) is 4.23. The Balaban J connectivity index is 1.43. The number of rotatable bonds is 6. The molecule has 2 heterocycles. The molecule has 2 aromatic heterocycles. The summed E-state index contributed by atoms with van der Waals surface area (Å²) >= 11 is 2.83. The second kappa shape index (κ2) is 6.21. The Kier molecular flexibility index (Phi) is 4.05. The average molecular weight is 363 g/mol. The van der Waals surface area contributed by atoms with E-state index >= 15 is 0 Å². The number of hydrogen-bond acceptors (Lipinski definition) is 6. The number of nitrogens with two attached hydrogens (primary N) is 1. The molecule has 2 aliphatic carbocycles. The Morgan fingerprint density at radius 1 is 1.42 bits per heavy atom. The van der Waals surface area contributed by atoms with E-state index in [1.54, 1.807) is 6.33 Å². The number of primary amides is 1. The van der Waals surface area contributed by atoms with Gasteiger partial charge in [0.15, 0.2) is 5.16 Å². The van der Waals surface area contributed by atoms with Crippen molar-refractivity contribution < 1.29 is 9.59 Å². The van der Waals surface area contributed by atoms with E-state index in [4.69, 9.17) is 5.73 Å². The van der Waals surface area contributed by atoms with Gasteiger partial charge in [0.25, 0.3) is 5.91 Å². The van der Waals surface area contributed by atoms with Crippen LogP contribution in [0.15, 0.2) is 11.5 Å². The van der Waals surface area contributed by atoms with Crippen LogP contribution in [0.1, 0.15) is 46.1 Å². The molecule has 7 nitrogen and oxygen atoms in total. The molecule has 0 radical (unpaired) electrons. The molecule has 126 valence electrons. The average Bonchev–Trinajstić information content (AvgIpc) is 2.95. The molecule has 24 heavy (non-hydrogen) atoms. The lowest BCUT2D eigenvalue weighted by Crippen LogP contribution is -2.19. The Morgan fingerprint density at radius 3 is 3.00 bits per heavy atom. The fourth-order valence-electron chi connectivity index (χ4n) is 2.98. The number of carbonyl (C=O) groups excluding carboxylic acids is 2. The summed E-state index contributed by atoms with van der Waals surface area (Å²) in [7, 11) is 0. The van der Waals surface area contributed by atoms with Crippen LogP contribution in [0.2, 0.25) is 0 Å². The van der Waals surface area contributed by atoms with Gasteiger partial charge in [0.2, 0.25) is 5.91 Å². The number of nitrogens with one attached hydrogen (secondary N) is 1. The lowest BCUT2D eigenvalue weighted by molar-refractivity contribution is -0.113. The van der Waals surface area contributed by atoms with E-state index in [9.17, 15) is 9.59 Å². The van der Waals surface area contributed by atoms with Crippen LogP contribution in [0, 0.1) is 0 Å². The van der Waals surface area contributed by atoms with Gasteiger partial charge in [0.05, 0.1) is 11.3 Å². The molecule has 0 spiro atoms. The first-order valence-corrected chi connectivity index (χ1v) is 9.70. The number of thioether (sulfide) groups is 1. The first-order chi connectivity index (χ1) is 11.6. The van der Waals surface area contributed by atoms with Crippen LogP contribution in [-0.2, 0) is 17.6 Å². The maximum absolute atomic E-state index is 12.3. The second-order valence-electron chi connectivity index (χ2n) is 6.01. The van der Waals surface area contributed by atoms with Gasteiger partial charge in [-0.25, -0.2) is 0 Å². The Hall–Kier alpha value is -1.87. The van der Waals surface area contributed by atoms with Crippen molar-refractivity contribution in [2.75, 3.05) is 11.1 Å². The number of thiophene rings is 1. The monoisotopic (exact) mass is 363 g/mol. The molecule has 0 aliphatic heterocycles. The molecule has 0 bridgehead atoms. The van der Waals surface area contributed by atoms with Crippen LogP contribution < -0.4 is 11.1 Å². The van der Waals surface area contributed by atoms with Crippen LogP contribution in [0.4, 0.5) is 5.00 Å². The topological polar surface area (TPSA) is 103 Å². The lowest BCUT2D eigenvalue weighted by Gasteiger charge is -2.06. The highest BCUT2D eigenvalue weighted by molar-refractivity contribution is 7.99. The Bertz CT molecular complexity index is 809. The molecule has 0 aromatic carbocycles. The summed E-state index contributed by atoms with van der Waals surface area (Å²) in [4.78, 5) is 25.2. The second-order valence-corrected chi connectivity index (χ2v) is 8.06. The molecule has 2 aromatic rings. The zero-order valence-corrected chi connectivity index (χ0v) is 14.6. The maximum atomic E-state index is 12.3. The van der Waals surface area contributed by atoms with E-state index in [2.05, 4.69) is 15.5 Å². The molecule has 1 fully saturated rings. The highest BCUT2D eigenvalue weighted by Crippen LogP contribution is 2.39. The first-order valence-electron chi connectivity index (χ1n) is 7.90. The van der Waals surface area contributed by atoms with Gasteiger partial charge in [-0.15, -0.1) is 21.5 Å². The molecule has 0 saturated heterocycles. The standard InChI is InChI=1S/C15H17N5O2S2/c16-13(22)12-9-2-1-3-10(9)24-14(12)18-11(21)6-23-15-19-17-7-20(15)8-4-5-8/h7-8H,1-6H2,(H2,16,22)(H,18,21). The number of anilines is 1. The fourth-order valence-corrected chi connectivity index (χ4v) is 5.08. The van der Waals surface area contributed by atoms with Gasteiger partial charge < -0.3 is 15.6 Å². The van der Waals surface area contributed by atoms with Gasteiger partial charge in [-0.2, -0.15) is 0 Å². The molecule has 4 rings (SSSR count). The van der Waals surface area contributed by atoms with Crippen LogP contribution in [0.25, 0.3) is 0 Å². The number of hydrogen-bond donors (Lipinski definition) is 2. The quantitative estimate of drug-likeness (QED) is 0.764. The molecular formula is C15H17N5O2S2. The Labute approximate surface area is 147 Å². The summed E-state index contributed by atoms with van der Waals surface area (Å²) in [6, 6.07) is 0.479. The predicted molar refractivity (Wildman–Crippen MR) is 92.5 cm³/mol. The van der Waals surface area contributed by atoms with Crippen molar-refractivity contribution >= 4 is 39.9 Å². The van der Waals surface area contributed by atoms with Crippen LogP contribution >= 0.6 is 23.1 Å². The first kappa shape index (κ1) is 15.6. The highest BCUT2D eigenvalue weighted by Gasteiger charge is 2.28. The number of aromatic nitrogens is 3. The molecule has 9 heteroatoms. The zero-order chi connectivity index (χ0) is 16.7. The molecule has 1 saturated carbocycles. The van der Waals surface area contributed by atoms with Gasteiger partial charge in [0.1, 0.15) is 11.3 Å². The van der Waals surface area contributed by atoms with Gasteiger partial charge in [-0.05, 0) is 37.7 Å². The van der Waals surface area contributed by atoms with E-state index in [0.717, 1.165) is 42.8 Å². The SMILES string of the molecule is NC(=O)c1c(NC(=O)CSc2nncn2C2CC2)sc2c1CCC2. The zero-order valence-electron chi connectivity index (χ0n) is 12.9. The van der Waals surface area contributed by atoms with E-state index in [-0.39, 0.29) is 11.7 Å². The summed E-state index contributed by atoms with van der Waals surface area (Å²) in [5, 5.41) is 12.2. The van der Waals surface area contributed by atoms with Crippen LogP contribution in [-0.4, -0.2) is 32.3 Å². The molecule has 2 aliphatic rings. The third-order valence-corrected chi connectivity index (χ3v) is 6.40. The minimum absolute atomic E-state index is 0.159. The fraction of sp³-hybridized carbons (Fsp3) is 0.467. The highest BCUT2D eigenvalue weighted by atomic mass is 32.2. The number of nitrogens with zero attached hydrogens (tertiary/aromatic N) is 3. The van der Waals surface area contributed by atoms with Crippen molar-refractivity contribution in [2.45, 2.75) is 43.3 Å². The van der Waals surface area contributed by atoms with Crippen molar-refractivity contribution in [1.29, 1.82) is 0 Å². The van der Waals surface area contributed by atoms with E-state index < -0.39 is 5.91 Å². The van der Waals surface area contributed by atoms with Crippen LogP contribution in [0.3, 0.4) is 0 Å². The molecule has 0 atom stereocenters. The number of aryl methyl sites for hydroxylation is 1. The van der Waals surface area contributed by atoms with Crippen molar-refractivity contribution in [3.8, 4) is 0 Å². The lowest BCUT2D eigenvalue weighted by atomic mass is 10.1. The minimum Gasteiger partial charge on any atom is -0.365 e. The van der Waals surface area contributed by atoms with Crippen molar-refractivity contribution in [2.24, 2.45) is 5.73 Å². The number of fused-ring (bicyclic) bond motifs is 1. The van der Waals surface area contributed by atoms with Gasteiger partial charge >= 0.3 is 0 Å². The molecule has 0 unspecified atom stereocenters. The minimum atomic E-state index is -0.467. The van der Waals surface area contributed by atoms with Gasteiger partial charge in [-0.3, -0.25) is 9.59 Å². The summed E-state index contributed by atoms with van der Waals surface area (Å²) in [5.41, 5.74) is 7.02. The molecular weight excluding hydrogens is 346 g/mol. The number of amides is 2. The normalized spacial score (nSPS) is 16.2. The van der Waals surface area contributed by atoms with E-state index in [1.807, 2.05) is 4.57 Å². The van der Waals surface area contributed by atoms with Crippen molar-refractivity contribution in [3.63, 3.8) is 0 Å². The summed E-state index contributed by atoms with van der Waals surface area (Å²) in [6.07, 6.45) is 6.85. The largest absolute Gasteiger partial charge is 0.365 e. The van der Waals surface area contributed by atoms with Crippen molar-refractivity contribution in [3.05, 3.63) is 22.3 Å². The smallest absolute Gasteiger partial charge is 0.251 e. The van der Waals surface area contributed by atoms with Gasteiger partial charge in [-0.1, -0.05) is 11.8 Å².